The van der Waals surface area contributed by atoms with Crippen LogP contribution in [-0.2, 0) is 6.54 Å². The zero-order valence-corrected chi connectivity index (χ0v) is 13.2. The topological polar surface area (TPSA) is 30.5 Å². The Bertz CT molecular complexity index is 371. The van der Waals surface area contributed by atoms with Gasteiger partial charge in [-0.3, -0.25) is 0 Å². The minimum Gasteiger partial charge on any atom is -0.493 e. The highest BCUT2D eigenvalue weighted by molar-refractivity contribution is 7.99. The molecule has 0 fully saturated rings. The third-order valence-corrected chi connectivity index (χ3v) is 3.90. The van der Waals surface area contributed by atoms with E-state index in [2.05, 4.69) is 25.2 Å². The summed E-state index contributed by atoms with van der Waals surface area (Å²) in [5.74, 6) is 3.92. The number of ether oxygens (including phenoxy) is 2. The van der Waals surface area contributed by atoms with Crippen molar-refractivity contribution in [3.05, 3.63) is 23.8 Å². The third kappa shape index (κ3) is 5.74. The van der Waals surface area contributed by atoms with Crippen molar-refractivity contribution >= 4 is 11.8 Å². The molecule has 0 heterocycles. The van der Waals surface area contributed by atoms with Crippen molar-refractivity contribution in [3.8, 4) is 11.5 Å². The highest BCUT2D eigenvalue weighted by Crippen LogP contribution is 2.27. The monoisotopic (exact) mass is 283 g/mol. The maximum absolute atomic E-state index is 5.51. The molecule has 0 aliphatic rings. The van der Waals surface area contributed by atoms with Gasteiger partial charge < -0.3 is 14.8 Å². The second-order valence-electron chi connectivity index (χ2n) is 4.36. The molecule has 108 valence electrons. The first-order valence-corrected chi connectivity index (χ1v) is 7.97. The van der Waals surface area contributed by atoms with Crippen LogP contribution in [0.25, 0.3) is 0 Å². The Hall–Kier alpha value is -0.870. The van der Waals surface area contributed by atoms with E-state index in [4.69, 9.17) is 9.47 Å². The summed E-state index contributed by atoms with van der Waals surface area (Å²) < 4.78 is 10.9. The van der Waals surface area contributed by atoms with Gasteiger partial charge in [0.1, 0.15) is 0 Å². The van der Waals surface area contributed by atoms with E-state index in [0.29, 0.717) is 12.6 Å². The van der Waals surface area contributed by atoms with E-state index in [0.717, 1.165) is 23.8 Å². The number of hydrogen-bond acceptors (Lipinski definition) is 4. The van der Waals surface area contributed by atoms with Crippen LogP contribution in [0.4, 0.5) is 0 Å². The number of rotatable bonds is 9. The molecule has 1 N–H and O–H groups in total. The minimum atomic E-state index is 0.516. The van der Waals surface area contributed by atoms with Gasteiger partial charge in [0.15, 0.2) is 11.5 Å². The summed E-state index contributed by atoms with van der Waals surface area (Å²) in [4.78, 5) is 0. The standard InChI is InChI=1S/C15H25NO2S/c1-5-18-14-8-7-13(9-15(14)17-4)10-16-12(3)11-19-6-2/h7-9,12,16H,5-6,10-11H2,1-4H3. The normalized spacial score (nSPS) is 12.2. The quantitative estimate of drug-likeness (QED) is 0.753. The van der Waals surface area contributed by atoms with Gasteiger partial charge in [-0.25, -0.2) is 0 Å². The number of nitrogens with one attached hydrogen (secondary N) is 1. The fraction of sp³-hybridized carbons (Fsp3) is 0.600. The van der Waals surface area contributed by atoms with Crippen LogP contribution < -0.4 is 14.8 Å². The number of methoxy groups -OCH3 is 1. The molecular formula is C15H25NO2S. The van der Waals surface area contributed by atoms with Gasteiger partial charge in [-0.15, -0.1) is 0 Å². The number of thioether (sulfide) groups is 1. The third-order valence-electron chi connectivity index (χ3n) is 2.75. The number of hydrogen-bond donors (Lipinski definition) is 1. The molecule has 1 aromatic carbocycles. The molecule has 3 nitrogen and oxygen atoms in total. The average Bonchev–Trinajstić information content (AvgIpc) is 2.44. The second-order valence-corrected chi connectivity index (χ2v) is 5.68. The summed E-state index contributed by atoms with van der Waals surface area (Å²) in [6.07, 6.45) is 0. The second kappa shape index (κ2) is 9.10. The van der Waals surface area contributed by atoms with Crippen LogP contribution in [0, 0.1) is 0 Å². The smallest absolute Gasteiger partial charge is 0.161 e. The highest BCUT2D eigenvalue weighted by atomic mass is 32.2. The van der Waals surface area contributed by atoms with Gasteiger partial charge in [0.2, 0.25) is 0 Å². The van der Waals surface area contributed by atoms with Crippen LogP contribution in [0.3, 0.4) is 0 Å². The molecule has 1 rings (SSSR count). The van der Waals surface area contributed by atoms with E-state index >= 15 is 0 Å². The Morgan fingerprint density at radius 1 is 1.26 bits per heavy atom. The van der Waals surface area contributed by atoms with E-state index in [9.17, 15) is 0 Å². The van der Waals surface area contributed by atoms with Crippen LogP contribution >= 0.6 is 11.8 Å². The first kappa shape index (κ1) is 16.2. The molecule has 1 aromatic rings. The van der Waals surface area contributed by atoms with Crippen molar-refractivity contribution in [1.82, 2.24) is 5.32 Å². The predicted octanol–water partition coefficient (Wildman–Crippen LogP) is 3.33. The van der Waals surface area contributed by atoms with E-state index < -0.39 is 0 Å². The van der Waals surface area contributed by atoms with Gasteiger partial charge >= 0.3 is 0 Å². The summed E-state index contributed by atoms with van der Waals surface area (Å²) >= 11 is 1.96. The van der Waals surface area contributed by atoms with Gasteiger partial charge in [0.25, 0.3) is 0 Å². The lowest BCUT2D eigenvalue weighted by atomic mass is 10.2. The highest BCUT2D eigenvalue weighted by Gasteiger charge is 2.06. The van der Waals surface area contributed by atoms with Crippen LogP contribution in [0.15, 0.2) is 18.2 Å². The van der Waals surface area contributed by atoms with Crippen molar-refractivity contribution < 1.29 is 9.47 Å². The predicted molar refractivity (Wildman–Crippen MR) is 83.5 cm³/mol. The van der Waals surface area contributed by atoms with Crippen molar-refractivity contribution in [1.29, 1.82) is 0 Å². The Morgan fingerprint density at radius 3 is 2.68 bits per heavy atom. The van der Waals surface area contributed by atoms with Gasteiger partial charge in [-0.1, -0.05) is 13.0 Å². The van der Waals surface area contributed by atoms with Gasteiger partial charge in [0, 0.05) is 18.3 Å². The molecule has 0 saturated carbocycles. The summed E-state index contributed by atoms with van der Waals surface area (Å²) in [5, 5.41) is 3.52. The first-order chi connectivity index (χ1) is 9.21. The van der Waals surface area contributed by atoms with Crippen LogP contribution in [0.5, 0.6) is 11.5 Å². The molecule has 0 aliphatic heterocycles. The fourth-order valence-electron chi connectivity index (χ4n) is 1.74. The van der Waals surface area contributed by atoms with E-state index in [-0.39, 0.29) is 0 Å². The zero-order valence-electron chi connectivity index (χ0n) is 12.4. The van der Waals surface area contributed by atoms with Crippen LogP contribution in [-0.4, -0.2) is 31.3 Å². The molecule has 0 amide bonds. The lowest BCUT2D eigenvalue weighted by Crippen LogP contribution is -2.27. The maximum Gasteiger partial charge on any atom is 0.161 e. The lowest BCUT2D eigenvalue weighted by molar-refractivity contribution is 0.310. The average molecular weight is 283 g/mol. The van der Waals surface area contributed by atoms with Crippen molar-refractivity contribution in [2.24, 2.45) is 0 Å². The van der Waals surface area contributed by atoms with Crippen molar-refractivity contribution in [3.63, 3.8) is 0 Å². The summed E-state index contributed by atoms with van der Waals surface area (Å²) in [7, 11) is 1.68. The zero-order chi connectivity index (χ0) is 14.1. The molecule has 0 saturated heterocycles. The fourth-order valence-corrected chi connectivity index (χ4v) is 2.45. The van der Waals surface area contributed by atoms with Crippen molar-refractivity contribution in [2.45, 2.75) is 33.4 Å². The number of benzene rings is 1. The molecule has 0 aromatic heterocycles. The molecule has 1 unspecified atom stereocenters. The molecule has 4 heteroatoms. The van der Waals surface area contributed by atoms with Gasteiger partial charge in [0.05, 0.1) is 13.7 Å². The Labute approximate surface area is 121 Å². The van der Waals surface area contributed by atoms with Gasteiger partial charge in [-0.05, 0) is 37.3 Å². The van der Waals surface area contributed by atoms with E-state index in [1.54, 1.807) is 7.11 Å². The minimum absolute atomic E-state index is 0.516. The summed E-state index contributed by atoms with van der Waals surface area (Å²) in [5.41, 5.74) is 1.22. The molecule has 0 spiro atoms. The Balaban J connectivity index is 2.54. The van der Waals surface area contributed by atoms with Crippen LogP contribution in [0.2, 0.25) is 0 Å². The summed E-state index contributed by atoms with van der Waals surface area (Å²) in [6, 6.07) is 6.62. The Morgan fingerprint density at radius 2 is 2.05 bits per heavy atom. The lowest BCUT2D eigenvalue weighted by Gasteiger charge is -2.15. The van der Waals surface area contributed by atoms with E-state index in [1.165, 1.54) is 11.3 Å². The first-order valence-electron chi connectivity index (χ1n) is 6.82. The van der Waals surface area contributed by atoms with E-state index in [1.807, 2.05) is 30.8 Å². The van der Waals surface area contributed by atoms with Crippen LogP contribution in [0.1, 0.15) is 26.3 Å². The molecular weight excluding hydrogens is 258 g/mol. The Kier molecular flexibility index (Phi) is 7.75. The SMILES string of the molecule is CCOc1ccc(CNC(C)CSCC)cc1OC. The largest absolute Gasteiger partial charge is 0.493 e. The summed E-state index contributed by atoms with van der Waals surface area (Å²) in [6.45, 7) is 7.89. The molecule has 0 bridgehead atoms. The van der Waals surface area contributed by atoms with Gasteiger partial charge in [-0.2, -0.15) is 11.8 Å². The molecule has 0 radical (unpaired) electrons. The van der Waals surface area contributed by atoms with Crippen molar-refractivity contribution in [2.75, 3.05) is 25.2 Å². The molecule has 19 heavy (non-hydrogen) atoms. The molecule has 0 aliphatic carbocycles. The molecule has 1 atom stereocenters. The maximum atomic E-state index is 5.51.